The molecule has 7 nitrogen and oxygen atoms in total. The van der Waals surface area contributed by atoms with Crippen LogP contribution in [-0.4, -0.2) is 53.0 Å². The smallest absolute Gasteiger partial charge is 0.319 e. The van der Waals surface area contributed by atoms with E-state index in [0.717, 1.165) is 31.2 Å². The minimum absolute atomic E-state index is 0.0310. The Hall–Kier alpha value is -2.41. The Bertz CT molecular complexity index is 713. The number of carboxylic acid groups (broad SMARTS) is 1. The van der Waals surface area contributed by atoms with E-state index in [1.165, 1.54) is 0 Å². The molecule has 0 atom stereocenters. The number of nitrogens with zero attached hydrogens (tertiary/aromatic N) is 1. The number of amides is 2. The van der Waals surface area contributed by atoms with Crippen molar-refractivity contribution in [2.45, 2.75) is 51.1 Å². The van der Waals surface area contributed by atoms with Crippen LogP contribution in [0.4, 0.5) is 10.5 Å². The van der Waals surface area contributed by atoms with Crippen LogP contribution in [-0.2, 0) is 11.2 Å². The molecule has 0 unspecified atom stereocenters. The number of hydrogen-bond donors (Lipinski definition) is 3. The van der Waals surface area contributed by atoms with Gasteiger partial charge < -0.3 is 15.7 Å². The molecule has 0 aromatic heterocycles. The Morgan fingerprint density at radius 3 is 2.73 bits per heavy atom. The van der Waals surface area contributed by atoms with Gasteiger partial charge in [0, 0.05) is 29.8 Å². The highest BCUT2D eigenvalue weighted by Gasteiger charge is 2.34. The predicted octanol–water partition coefficient (Wildman–Crippen LogP) is 2.26. The summed E-state index contributed by atoms with van der Waals surface area (Å²) < 4.78 is 0. The second-order valence-corrected chi connectivity index (χ2v) is 7.03. The van der Waals surface area contributed by atoms with Crippen LogP contribution in [0.5, 0.6) is 0 Å². The first-order chi connectivity index (χ1) is 12.5. The monoisotopic (exact) mass is 359 g/mol. The molecule has 1 aromatic carbocycles. The van der Waals surface area contributed by atoms with E-state index < -0.39 is 5.97 Å². The number of Topliss-reactive ketones (excluding diaryl/α,β-unsaturated/α-hetero) is 1. The standard InChI is InChI=1S/C19H25N3O4/c1-2-22(11-18(24)25)15-8-14(9-15)21-19(26)20-13-7-6-12-4-3-5-17(23)16(12)10-13/h6-7,10,14-15H,2-5,8-9,11H2,1H3,(H,24,25)(H2,20,21,26). The molecular formula is C19H25N3O4. The maximum atomic E-state index is 12.2. The molecule has 0 saturated heterocycles. The van der Waals surface area contributed by atoms with E-state index in [1.807, 2.05) is 24.0 Å². The lowest BCUT2D eigenvalue weighted by atomic mass is 9.85. The second kappa shape index (κ2) is 7.86. The highest BCUT2D eigenvalue weighted by atomic mass is 16.4. The topological polar surface area (TPSA) is 98.7 Å². The van der Waals surface area contributed by atoms with Gasteiger partial charge in [-0.25, -0.2) is 4.79 Å². The lowest BCUT2D eigenvalue weighted by molar-refractivity contribution is -0.139. The van der Waals surface area contributed by atoms with Crippen LogP contribution in [0.2, 0.25) is 0 Å². The molecule has 0 aliphatic heterocycles. The fourth-order valence-electron chi connectivity index (χ4n) is 3.74. The van der Waals surface area contributed by atoms with Gasteiger partial charge in [0.15, 0.2) is 5.78 Å². The highest BCUT2D eigenvalue weighted by Crippen LogP contribution is 2.26. The van der Waals surface area contributed by atoms with Gasteiger partial charge in [0.05, 0.1) is 6.54 Å². The summed E-state index contributed by atoms with van der Waals surface area (Å²) in [6.45, 7) is 2.65. The fraction of sp³-hybridized carbons (Fsp3) is 0.526. The number of anilines is 1. The second-order valence-electron chi connectivity index (χ2n) is 7.03. The quantitative estimate of drug-likeness (QED) is 0.724. The molecule has 3 rings (SSSR count). The number of benzene rings is 1. The van der Waals surface area contributed by atoms with Crippen molar-refractivity contribution in [1.82, 2.24) is 10.2 Å². The van der Waals surface area contributed by atoms with E-state index in [4.69, 9.17) is 5.11 Å². The van der Waals surface area contributed by atoms with Gasteiger partial charge in [-0.05, 0) is 49.9 Å². The summed E-state index contributed by atoms with van der Waals surface area (Å²) in [4.78, 5) is 36.9. The molecule has 0 spiro atoms. The van der Waals surface area contributed by atoms with E-state index in [9.17, 15) is 14.4 Å². The summed E-state index contributed by atoms with van der Waals surface area (Å²) in [7, 11) is 0. The zero-order chi connectivity index (χ0) is 18.7. The number of ketones is 1. The number of aliphatic carboxylic acids is 1. The number of carbonyl (C=O) groups excluding carboxylic acids is 2. The fourth-order valence-corrected chi connectivity index (χ4v) is 3.74. The van der Waals surface area contributed by atoms with Crippen molar-refractivity contribution in [2.24, 2.45) is 0 Å². The molecule has 2 amide bonds. The molecule has 2 aliphatic carbocycles. The number of likely N-dealkylation sites (N-methyl/N-ethyl adjacent to an activating group) is 1. The number of nitrogens with one attached hydrogen (secondary N) is 2. The van der Waals surface area contributed by atoms with Crippen molar-refractivity contribution >= 4 is 23.5 Å². The van der Waals surface area contributed by atoms with Crippen molar-refractivity contribution in [3.63, 3.8) is 0 Å². The lowest BCUT2D eigenvalue weighted by Gasteiger charge is -2.42. The van der Waals surface area contributed by atoms with Crippen molar-refractivity contribution in [2.75, 3.05) is 18.4 Å². The van der Waals surface area contributed by atoms with Crippen LogP contribution in [0.25, 0.3) is 0 Å². The molecule has 0 heterocycles. The van der Waals surface area contributed by atoms with Gasteiger partial charge in [0.1, 0.15) is 0 Å². The summed E-state index contributed by atoms with van der Waals surface area (Å²) in [5.74, 6) is -0.696. The van der Waals surface area contributed by atoms with Crippen molar-refractivity contribution in [3.05, 3.63) is 29.3 Å². The first kappa shape index (κ1) is 18.4. The molecule has 7 heteroatoms. The molecule has 140 valence electrons. The number of aryl methyl sites for hydroxylation is 1. The van der Waals surface area contributed by atoms with Gasteiger partial charge in [0.25, 0.3) is 0 Å². The van der Waals surface area contributed by atoms with Crippen LogP contribution >= 0.6 is 0 Å². The number of fused-ring (bicyclic) bond motifs is 1. The molecule has 2 aliphatic rings. The summed E-state index contributed by atoms with van der Waals surface area (Å²) in [6, 6.07) is 5.44. The minimum Gasteiger partial charge on any atom is -0.480 e. The number of urea groups is 1. The van der Waals surface area contributed by atoms with Gasteiger partial charge in [-0.15, -0.1) is 0 Å². The van der Waals surface area contributed by atoms with Gasteiger partial charge in [-0.1, -0.05) is 13.0 Å². The van der Waals surface area contributed by atoms with E-state index in [-0.39, 0.29) is 30.4 Å². The molecule has 0 radical (unpaired) electrons. The normalized spacial score (nSPS) is 21.7. The van der Waals surface area contributed by atoms with Gasteiger partial charge in [0.2, 0.25) is 0 Å². The average Bonchev–Trinajstić information content (AvgIpc) is 2.56. The van der Waals surface area contributed by atoms with Crippen LogP contribution in [0.1, 0.15) is 48.5 Å². The third-order valence-electron chi connectivity index (χ3n) is 5.23. The first-order valence-corrected chi connectivity index (χ1v) is 9.15. The molecule has 26 heavy (non-hydrogen) atoms. The van der Waals surface area contributed by atoms with Crippen LogP contribution in [0.3, 0.4) is 0 Å². The summed E-state index contributed by atoms with van der Waals surface area (Å²) in [6.07, 6.45) is 3.85. The van der Waals surface area contributed by atoms with Crippen molar-refractivity contribution in [1.29, 1.82) is 0 Å². The zero-order valence-electron chi connectivity index (χ0n) is 15.0. The van der Waals surface area contributed by atoms with Crippen molar-refractivity contribution in [3.8, 4) is 0 Å². The maximum absolute atomic E-state index is 12.2. The number of rotatable bonds is 6. The molecule has 1 fully saturated rings. The van der Waals surface area contributed by atoms with Crippen LogP contribution in [0, 0.1) is 0 Å². The summed E-state index contributed by atoms with van der Waals surface area (Å²) in [5.41, 5.74) is 2.38. The SMILES string of the molecule is CCN(CC(=O)O)C1CC(NC(=O)Nc2ccc3c(c2)C(=O)CCC3)C1. The first-order valence-electron chi connectivity index (χ1n) is 9.15. The Kier molecular flexibility index (Phi) is 5.56. The zero-order valence-corrected chi connectivity index (χ0v) is 15.0. The van der Waals surface area contributed by atoms with Crippen molar-refractivity contribution < 1.29 is 19.5 Å². The Morgan fingerprint density at radius 2 is 2.04 bits per heavy atom. The van der Waals surface area contributed by atoms with Crippen LogP contribution < -0.4 is 10.6 Å². The van der Waals surface area contributed by atoms with Gasteiger partial charge in [-0.3, -0.25) is 14.5 Å². The van der Waals surface area contributed by atoms with E-state index in [0.29, 0.717) is 24.2 Å². The molecule has 1 aromatic rings. The van der Waals surface area contributed by atoms with E-state index in [1.54, 1.807) is 6.07 Å². The third kappa shape index (κ3) is 4.22. The molecule has 1 saturated carbocycles. The molecule has 3 N–H and O–H groups in total. The van der Waals surface area contributed by atoms with Gasteiger partial charge in [-0.2, -0.15) is 0 Å². The number of carboxylic acids is 1. The lowest BCUT2D eigenvalue weighted by Crippen LogP contribution is -2.55. The van der Waals surface area contributed by atoms with Crippen LogP contribution in [0.15, 0.2) is 18.2 Å². The largest absolute Gasteiger partial charge is 0.480 e. The highest BCUT2D eigenvalue weighted by molar-refractivity contribution is 6.00. The molecule has 0 bridgehead atoms. The Balaban J connectivity index is 1.49. The maximum Gasteiger partial charge on any atom is 0.319 e. The average molecular weight is 359 g/mol. The summed E-state index contributed by atoms with van der Waals surface area (Å²) in [5, 5.41) is 14.6. The Labute approximate surface area is 152 Å². The predicted molar refractivity (Wildman–Crippen MR) is 97.6 cm³/mol. The van der Waals surface area contributed by atoms with E-state index in [2.05, 4.69) is 10.6 Å². The number of carbonyl (C=O) groups is 3. The minimum atomic E-state index is -0.831. The third-order valence-corrected chi connectivity index (χ3v) is 5.23. The Morgan fingerprint density at radius 1 is 1.27 bits per heavy atom. The summed E-state index contributed by atoms with van der Waals surface area (Å²) >= 11 is 0. The van der Waals surface area contributed by atoms with E-state index >= 15 is 0 Å². The van der Waals surface area contributed by atoms with Gasteiger partial charge >= 0.3 is 12.0 Å². The number of hydrogen-bond acceptors (Lipinski definition) is 4. The molecular weight excluding hydrogens is 334 g/mol.